The second kappa shape index (κ2) is 10.2. The van der Waals surface area contributed by atoms with Gasteiger partial charge in [-0.1, -0.05) is 104 Å². The Kier molecular flexibility index (Phi) is 6.65. The third-order valence-electron chi connectivity index (χ3n) is 9.19. The summed E-state index contributed by atoms with van der Waals surface area (Å²) in [6, 6.07) is 36.2. The number of hydrogen-bond acceptors (Lipinski definition) is 3. The molecule has 3 heteroatoms. The summed E-state index contributed by atoms with van der Waals surface area (Å²) in [7, 11) is 0. The minimum Gasteiger partial charge on any atom is -0.298 e. The summed E-state index contributed by atoms with van der Waals surface area (Å²) < 4.78 is 0. The zero-order valence-corrected chi connectivity index (χ0v) is 21.2. The molecule has 2 aliphatic carbocycles. The SMILES string of the molecule is N#CC1CCCCC1C12CN(Cc3ccccc3)CC1C2N(Cc1ccccc1)Cc1ccccc1. The summed E-state index contributed by atoms with van der Waals surface area (Å²) in [6.07, 6.45) is 4.79. The lowest BCUT2D eigenvalue weighted by Gasteiger charge is -2.38. The predicted octanol–water partition coefficient (Wildman–Crippen LogP) is 6.52. The van der Waals surface area contributed by atoms with E-state index in [1.54, 1.807) is 0 Å². The summed E-state index contributed by atoms with van der Waals surface area (Å²) in [4.78, 5) is 5.45. The Bertz CT molecular complexity index is 1130. The highest BCUT2D eigenvalue weighted by atomic mass is 15.3. The van der Waals surface area contributed by atoms with Crippen LogP contribution in [0, 0.1) is 34.5 Å². The smallest absolute Gasteiger partial charge is 0.0658 e. The van der Waals surface area contributed by atoms with E-state index in [1.165, 1.54) is 36.0 Å². The van der Waals surface area contributed by atoms with Crippen molar-refractivity contribution in [1.29, 1.82) is 5.26 Å². The highest BCUT2D eigenvalue weighted by Crippen LogP contribution is 2.68. The molecule has 0 amide bonds. The molecule has 3 nitrogen and oxygen atoms in total. The van der Waals surface area contributed by atoms with Crippen molar-refractivity contribution in [2.24, 2.45) is 23.2 Å². The van der Waals surface area contributed by atoms with Crippen LogP contribution in [0.5, 0.6) is 0 Å². The molecule has 0 bridgehead atoms. The van der Waals surface area contributed by atoms with Gasteiger partial charge in [-0.2, -0.15) is 5.26 Å². The van der Waals surface area contributed by atoms with Gasteiger partial charge in [0.15, 0.2) is 0 Å². The summed E-state index contributed by atoms with van der Waals surface area (Å²) in [5, 5.41) is 10.2. The first-order chi connectivity index (χ1) is 17.8. The van der Waals surface area contributed by atoms with Gasteiger partial charge in [-0.05, 0) is 41.4 Å². The molecule has 1 saturated heterocycles. The highest BCUT2D eigenvalue weighted by Gasteiger charge is 2.74. The second-order valence-corrected chi connectivity index (χ2v) is 11.3. The molecule has 36 heavy (non-hydrogen) atoms. The van der Waals surface area contributed by atoms with E-state index in [-0.39, 0.29) is 11.3 Å². The molecule has 6 rings (SSSR count). The first-order valence-electron chi connectivity index (χ1n) is 13.8. The Balaban J connectivity index is 1.31. The van der Waals surface area contributed by atoms with Crippen molar-refractivity contribution in [2.75, 3.05) is 13.1 Å². The Morgan fingerprint density at radius 3 is 1.89 bits per heavy atom. The Morgan fingerprint density at radius 2 is 1.31 bits per heavy atom. The second-order valence-electron chi connectivity index (χ2n) is 11.3. The van der Waals surface area contributed by atoms with Crippen molar-refractivity contribution in [3.05, 3.63) is 108 Å². The lowest BCUT2D eigenvalue weighted by Crippen LogP contribution is -2.42. The van der Waals surface area contributed by atoms with Gasteiger partial charge in [0.1, 0.15) is 0 Å². The zero-order valence-electron chi connectivity index (χ0n) is 21.2. The molecule has 184 valence electrons. The first-order valence-corrected chi connectivity index (χ1v) is 13.8. The molecule has 5 atom stereocenters. The van der Waals surface area contributed by atoms with Crippen molar-refractivity contribution < 1.29 is 0 Å². The Labute approximate surface area is 216 Å². The van der Waals surface area contributed by atoms with E-state index >= 15 is 0 Å². The largest absolute Gasteiger partial charge is 0.298 e. The number of nitriles is 1. The Hall–Kier alpha value is -2.93. The molecular weight excluding hydrogens is 438 g/mol. The van der Waals surface area contributed by atoms with Crippen LogP contribution in [0.2, 0.25) is 0 Å². The van der Waals surface area contributed by atoms with Crippen LogP contribution in [0.1, 0.15) is 42.4 Å². The maximum atomic E-state index is 10.2. The zero-order chi connectivity index (χ0) is 24.4. The molecule has 3 aromatic carbocycles. The first kappa shape index (κ1) is 23.5. The van der Waals surface area contributed by atoms with Gasteiger partial charge in [-0.15, -0.1) is 0 Å². The van der Waals surface area contributed by atoms with Gasteiger partial charge in [0.05, 0.1) is 6.07 Å². The van der Waals surface area contributed by atoms with Crippen LogP contribution in [-0.2, 0) is 19.6 Å². The van der Waals surface area contributed by atoms with E-state index in [0.29, 0.717) is 17.9 Å². The van der Waals surface area contributed by atoms with E-state index in [1.807, 2.05) is 0 Å². The van der Waals surface area contributed by atoms with Crippen LogP contribution in [0.4, 0.5) is 0 Å². The van der Waals surface area contributed by atoms with Crippen molar-refractivity contribution in [3.63, 3.8) is 0 Å². The summed E-state index contributed by atoms with van der Waals surface area (Å²) >= 11 is 0. The fourth-order valence-electron chi connectivity index (χ4n) is 7.71. The van der Waals surface area contributed by atoms with Gasteiger partial charge in [0, 0.05) is 50.1 Å². The average Bonchev–Trinajstić information content (AvgIpc) is 3.40. The lowest BCUT2D eigenvalue weighted by molar-refractivity contribution is 0.0969. The quantitative estimate of drug-likeness (QED) is 0.372. The minimum absolute atomic E-state index is 0.207. The van der Waals surface area contributed by atoms with Crippen molar-refractivity contribution in [3.8, 4) is 6.07 Å². The summed E-state index contributed by atoms with van der Waals surface area (Å²) in [5.41, 5.74) is 4.40. The van der Waals surface area contributed by atoms with E-state index < -0.39 is 0 Å². The number of likely N-dealkylation sites (tertiary alicyclic amines) is 1. The van der Waals surface area contributed by atoms with Gasteiger partial charge < -0.3 is 0 Å². The summed E-state index contributed by atoms with van der Waals surface area (Å²) in [5.74, 6) is 1.37. The molecule has 3 aromatic rings. The van der Waals surface area contributed by atoms with Gasteiger partial charge in [-0.3, -0.25) is 9.80 Å². The third kappa shape index (κ3) is 4.49. The van der Waals surface area contributed by atoms with Crippen LogP contribution in [0.3, 0.4) is 0 Å². The number of hydrogen-bond donors (Lipinski definition) is 0. The molecule has 0 N–H and O–H groups in total. The van der Waals surface area contributed by atoms with Crippen molar-refractivity contribution in [2.45, 2.75) is 51.4 Å². The minimum atomic E-state index is 0.207. The number of benzene rings is 3. The predicted molar refractivity (Wildman–Crippen MR) is 145 cm³/mol. The molecular formula is C33H37N3. The van der Waals surface area contributed by atoms with Gasteiger partial charge >= 0.3 is 0 Å². The molecule has 3 fully saturated rings. The molecule has 3 aliphatic rings. The van der Waals surface area contributed by atoms with Gasteiger partial charge in [0.25, 0.3) is 0 Å². The van der Waals surface area contributed by atoms with Crippen LogP contribution >= 0.6 is 0 Å². The van der Waals surface area contributed by atoms with Gasteiger partial charge in [-0.25, -0.2) is 0 Å². The Morgan fingerprint density at radius 1 is 0.750 bits per heavy atom. The lowest BCUT2D eigenvalue weighted by atomic mass is 9.70. The normalized spacial score (nSPS) is 29.6. The highest BCUT2D eigenvalue weighted by molar-refractivity contribution is 5.29. The van der Waals surface area contributed by atoms with E-state index in [4.69, 9.17) is 0 Å². The molecule has 0 aromatic heterocycles. The number of fused-ring (bicyclic) bond motifs is 1. The number of piperidine rings is 1. The van der Waals surface area contributed by atoms with E-state index in [2.05, 4.69) is 107 Å². The maximum absolute atomic E-state index is 10.2. The molecule has 1 heterocycles. The third-order valence-corrected chi connectivity index (χ3v) is 9.19. The topological polar surface area (TPSA) is 30.3 Å². The molecule has 2 saturated carbocycles. The maximum Gasteiger partial charge on any atom is 0.0658 e. The van der Waals surface area contributed by atoms with Crippen LogP contribution in [0.25, 0.3) is 0 Å². The van der Waals surface area contributed by atoms with Crippen LogP contribution in [0.15, 0.2) is 91.0 Å². The molecule has 1 aliphatic heterocycles. The van der Waals surface area contributed by atoms with Crippen molar-refractivity contribution >= 4 is 0 Å². The summed E-state index contributed by atoms with van der Waals surface area (Å²) in [6.45, 7) is 5.24. The molecule has 0 spiro atoms. The molecule has 0 radical (unpaired) electrons. The number of nitrogens with zero attached hydrogens (tertiary/aromatic N) is 3. The standard InChI is InChI=1S/C33H37N3/c34-20-29-18-10-11-19-30(29)33-25-35(21-26-12-4-1-5-13-26)24-31(33)32(33)36(22-27-14-6-2-7-15-27)23-28-16-8-3-9-17-28/h1-9,12-17,29-32H,10-11,18-19,21-25H2. The fourth-order valence-corrected chi connectivity index (χ4v) is 7.71. The van der Waals surface area contributed by atoms with Crippen LogP contribution < -0.4 is 0 Å². The average molecular weight is 476 g/mol. The van der Waals surface area contributed by atoms with Gasteiger partial charge in [0.2, 0.25) is 0 Å². The monoisotopic (exact) mass is 475 g/mol. The van der Waals surface area contributed by atoms with E-state index in [0.717, 1.165) is 39.1 Å². The molecule has 5 unspecified atom stereocenters. The van der Waals surface area contributed by atoms with Crippen molar-refractivity contribution in [1.82, 2.24) is 9.80 Å². The number of rotatable bonds is 8. The van der Waals surface area contributed by atoms with Crippen LogP contribution in [-0.4, -0.2) is 28.9 Å². The fraction of sp³-hybridized carbons (Fsp3) is 0.424. The van der Waals surface area contributed by atoms with E-state index in [9.17, 15) is 5.26 Å².